The Hall–Kier alpha value is -1.20. The van der Waals surface area contributed by atoms with Crippen LogP contribution in [0.4, 0.5) is 0 Å². The van der Waals surface area contributed by atoms with Crippen molar-refractivity contribution in [3.05, 3.63) is 48.5 Å². The number of aromatic nitrogens is 2. The van der Waals surface area contributed by atoms with Crippen molar-refractivity contribution in [2.75, 3.05) is 7.11 Å². The second kappa shape index (κ2) is 7.20. The fraction of sp³-hybridized carbons (Fsp3) is 0.278. The molecule has 3 rings (SSSR count). The minimum atomic E-state index is -0.112. The van der Waals surface area contributed by atoms with Crippen LogP contribution in [0.25, 0.3) is 16.6 Å². The molecule has 25 heavy (non-hydrogen) atoms. The zero-order chi connectivity index (χ0) is 18.2. The molecule has 3 unspecified atom stereocenters. The second-order valence-corrected chi connectivity index (χ2v) is 9.99. The Morgan fingerprint density at radius 1 is 1.16 bits per heavy atom. The van der Waals surface area contributed by atoms with Crippen molar-refractivity contribution in [2.45, 2.75) is 24.6 Å². The normalized spacial score (nSPS) is 12.0. The third-order valence-corrected chi connectivity index (χ3v) is 4.39. The molecule has 0 fully saturated rings. The first-order valence-electron chi connectivity index (χ1n) is 7.92. The van der Waals surface area contributed by atoms with E-state index >= 15 is 0 Å². The molecule has 0 saturated carbocycles. The molecule has 7 heteroatoms. The summed E-state index contributed by atoms with van der Waals surface area (Å²) in [5.41, 5.74) is 3.12. The third-order valence-electron chi connectivity index (χ3n) is 3.86. The molecule has 0 amide bonds. The highest BCUT2D eigenvalue weighted by Gasteiger charge is 2.20. The van der Waals surface area contributed by atoms with Crippen LogP contribution in [0.3, 0.4) is 0 Å². The van der Waals surface area contributed by atoms with Gasteiger partial charge in [-0.25, -0.2) is 4.98 Å². The number of fused-ring (bicyclic) bond motifs is 1. The lowest BCUT2D eigenvalue weighted by atomic mass is 10.1. The van der Waals surface area contributed by atoms with Crippen LogP contribution in [0, 0.1) is 0 Å². The highest BCUT2D eigenvalue weighted by atomic mass is 31.1. The van der Waals surface area contributed by atoms with E-state index in [9.17, 15) is 0 Å². The zero-order valence-corrected chi connectivity index (χ0v) is 18.0. The van der Waals surface area contributed by atoms with Crippen molar-refractivity contribution in [2.24, 2.45) is 0 Å². The summed E-state index contributed by atoms with van der Waals surface area (Å²) in [5.74, 6) is 2.55. The van der Waals surface area contributed by atoms with Crippen molar-refractivity contribution in [3.63, 3.8) is 0 Å². The Kier molecular flexibility index (Phi) is 5.35. The molecule has 2 heterocycles. The Bertz CT molecular complexity index is 901. The largest absolute Gasteiger partial charge is 0.496 e. The molecule has 2 aromatic heterocycles. The van der Waals surface area contributed by atoms with Gasteiger partial charge in [-0.05, 0) is 32.0 Å². The van der Waals surface area contributed by atoms with Gasteiger partial charge in [0, 0.05) is 28.5 Å². The van der Waals surface area contributed by atoms with E-state index in [1.54, 1.807) is 7.11 Å². The molecule has 0 aliphatic rings. The quantitative estimate of drug-likeness (QED) is 0.599. The molecule has 132 valence electrons. The maximum Gasteiger partial charge on any atom is 0.130 e. The number of imidazole rings is 1. The van der Waals surface area contributed by atoms with Gasteiger partial charge in [-0.3, -0.25) is 0 Å². The SMILES string of the molecule is COc1cc(OC(P)P)ccc1-c1ccc2cnc(C(C)(C)P)n2c1. The smallest absolute Gasteiger partial charge is 0.130 e. The minimum absolute atomic E-state index is 0.0373. The summed E-state index contributed by atoms with van der Waals surface area (Å²) in [6.45, 7) is 4.27. The Morgan fingerprint density at radius 3 is 2.56 bits per heavy atom. The van der Waals surface area contributed by atoms with E-state index in [-0.39, 0.29) is 10.7 Å². The number of rotatable bonds is 5. The molecule has 0 bridgehead atoms. The molecular weight excluding hydrogens is 369 g/mol. The summed E-state index contributed by atoms with van der Waals surface area (Å²) in [7, 11) is 9.71. The molecule has 0 aliphatic carbocycles. The molecule has 0 radical (unpaired) electrons. The van der Waals surface area contributed by atoms with Crippen LogP contribution >= 0.6 is 27.7 Å². The Balaban J connectivity index is 2.09. The van der Waals surface area contributed by atoms with Crippen LogP contribution in [-0.2, 0) is 5.16 Å². The summed E-state index contributed by atoms with van der Waals surface area (Å²) < 4.78 is 13.4. The monoisotopic (exact) mass is 392 g/mol. The molecule has 0 aliphatic heterocycles. The number of hydrogen-bond acceptors (Lipinski definition) is 3. The third kappa shape index (κ3) is 3.98. The highest BCUT2D eigenvalue weighted by molar-refractivity contribution is 7.37. The van der Waals surface area contributed by atoms with Gasteiger partial charge in [0.15, 0.2) is 0 Å². The van der Waals surface area contributed by atoms with Crippen molar-refractivity contribution in [3.8, 4) is 22.6 Å². The fourth-order valence-electron chi connectivity index (χ4n) is 2.77. The number of hydrogen-bond donors (Lipinski definition) is 0. The predicted octanol–water partition coefficient (Wildman–Crippen LogP) is 4.53. The highest BCUT2D eigenvalue weighted by Crippen LogP contribution is 2.36. The van der Waals surface area contributed by atoms with Crippen LogP contribution in [0.1, 0.15) is 19.7 Å². The van der Waals surface area contributed by atoms with Crippen molar-refractivity contribution < 1.29 is 9.47 Å². The average Bonchev–Trinajstić information content (AvgIpc) is 2.97. The van der Waals surface area contributed by atoms with Gasteiger partial charge in [0.1, 0.15) is 22.9 Å². The van der Waals surface area contributed by atoms with Gasteiger partial charge in [0.25, 0.3) is 0 Å². The lowest BCUT2D eigenvalue weighted by molar-refractivity contribution is 0.358. The first-order valence-corrected chi connectivity index (χ1v) is 9.83. The number of methoxy groups -OCH3 is 1. The van der Waals surface area contributed by atoms with E-state index in [2.05, 4.69) is 69.3 Å². The van der Waals surface area contributed by atoms with Gasteiger partial charge in [0.2, 0.25) is 0 Å². The van der Waals surface area contributed by atoms with Gasteiger partial charge < -0.3 is 13.9 Å². The summed E-state index contributed by atoms with van der Waals surface area (Å²) in [6, 6.07) is 10.1. The fourth-order valence-corrected chi connectivity index (χ4v) is 3.29. The Labute approximate surface area is 155 Å². The lowest BCUT2D eigenvalue weighted by Crippen LogP contribution is -2.12. The van der Waals surface area contributed by atoms with E-state index in [1.807, 2.05) is 24.4 Å². The lowest BCUT2D eigenvalue weighted by Gasteiger charge is -2.18. The summed E-state index contributed by atoms with van der Waals surface area (Å²) in [6.07, 6.45) is 4.01. The van der Waals surface area contributed by atoms with E-state index in [0.717, 1.165) is 34.0 Å². The molecule has 3 aromatic rings. The summed E-state index contributed by atoms with van der Waals surface area (Å²) in [5, 5.41) is -0.112. The van der Waals surface area contributed by atoms with Crippen LogP contribution < -0.4 is 9.47 Å². The minimum Gasteiger partial charge on any atom is -0.496 e. The van der Waals surface area contributed by atoms with Crippen molar-refractivity contribution in [1.29, 1.82) is 0 Å². The van der Waals surface area contributed by atoms with E-state index < -0.39 is 0 Å². The van der Waals surface area contributed by atoms with Gasteiger partial charge in [-0.1, -0.05) is 24.5 Å². The molecule has 4 nitrogen and oxygen atoms in total. The molecule has 3 atom stereocenters. The van der Waals surface area contributed by atoms with Crippen LogP contribution in [-0.4, -0.2) is 22.1 Å². The molecule has 0 spiro atoms. The number of ether oxygens (including phenoxy) is 2. The molecule has 1 aromatic carbocycles. The zero-order valence-electron chi connectivity index (χ0n) is 14.6. The predicted molar refractivity (Wildman–Crippen MR) is 114 cm³/mol. The maximum atomic E-state index is 5.70. The number of pyridine rings is 1. The van der Waals surface area contributed by atoms with Gasteiger partial charge in [0.05, 0.1) is 18.8 Å². The van der Waals surface area contributed by atoms with Crippen LogP contribution in [0.5, 0.6) is 11.5 Å². The second-order valence-electron chi connectivity index (χ2n) is 6.46. The van der Waals surface area contributed by atoms with Crippen LogP contribution in [0.2, 0.25) is 0 Å². The number of benzene rings is 1. The van der Waals surface area contributed by atoms with Gasteiger partial charge >= 0.3 is 0 Å². The summed E-state index contributed by atoms with van der Waals surface area (Å²) in [4.78, 5) is 4.58. The van der Waals surface area contributed by atoms with Crippen molar-refractivity contribution >= 4 is 33.2 Å². The van der Waals surface area contributed by atoms with E-state index in [0.29, 0.717) is 0 Å². The standard InChI is InChI=1S/C18H23N2O2P3/c1-18(2,25)16-19-9-12-5-4-11(10-20(12)16)14-7-6-13(22-17(23)24)8-15(14)21-3/h4-10,17H,23-25H2,1-3H3. The first kappa shape index (κ1) is 18.6. The average molecular weight is 392 g/mol. The van der Waals surface area contributed by atoms with E-state index in [4.69, 9.17) is 9.47 Å². The first-order chi connectivity index (χ1) is 11.8. The summed E-state index contributed by atoms with van der Waals surface area (Å²) >= 11 is 0. The molecule has 0 N–H and O–H groups in total. The van der Waals surface area contributed by atoms with Gasteiger partial charge in [-0.2, -0.15) is 0 Å². The Morgan fingerprint density at radius 2 is 1.92 bits per heavy atom. The molecule has 0 saturated heterocycles. The van der Waals surface area contributed by atoms with Crippen molar-refractivity contribution in [1.82, 2.24) is 9.38 Å². The van der Waals surface area contributed by atoms with E-state index in [1.165, 1.54) is 0 Å². The number of nitrogens with zero attached hydrogens (tertiary/aromatic N) is 2. The van der Waals surface area contributed by atoms with Gasteiger partial charge in [-0.15, -0.1) is 9.24 Å². The maximum absolute atomic E-state index is 5.70. The topological polar surface area (TPSA) is 35.8 Å². The molecular formula is C18H23N2O2P3. The van der Waals surface area contributed by atoms with Crippen LogP contribution in [0.15, 0.2) is 42.7 Å².